The van der Waals surface area contributed by atoms with Crippen molar-refractivity contribution in [3.63, 3.8) is 0 Å². The van der Waals surface area contributed by atoms with Crippen molar-refractivity contribution in [3.8, 4) is 0 Å². The molecule has 0 aromatic carbocycles. The van der Waals surface area contributed by atoms with Gasteiger partial charge in [0.15, 0.2) is 5.78 Å². The molecule has 0 aliphatic heterocycles. The van der Waals surface area contributed by atoms with Gasteiger partial charge in [0, 0.05) is 12.2 Å². The van der Waals surface area contributed by atoms with Crippen LogP contribution in [-0.4, -0.2) is 25.7 Å². The fourth-order valence-electron chi connectivity index (χ4n) is 3.26. The highest BCUT2D eigenvalue weighted by molar-refractivity contribution is 7.91. The zero-order valence-electron chi connectivity index (χ0n) is 11.7. The lowest BCUT2D eigenvalue weighted by atomic mass is 9.84. The van der Waals surface area contributed by atoms with E-state index in [0.717, 1.165) is 32.1 Å². The number of carbonyl (C=O) groups excluding carboxylic acids is 1. The molecule has 0 bridgehead atoms. The summed E-state index contributed by atoms with van der Waals surface area (Å²) in [6.07, 6.45) is 11.8. The first-order valence-corrected chi connectivity index (χ1v) is 9.34. The van der Waals surface area contributed by atoms with Gasteiger partial charge in [0.1, 0.15) is 9.84 Å². The van der Waals surface area contributed by atoms with E-state index in [1.165, 1.54) is 31.1 Å². The molecular weight excluding hydrogens is 260 g/mol. The zero-order chi connectivity index (χ0) is 13.9. The van der Waals surface area contributed by atoms with Gasteiger partial charge in [-0.2, -0.15) is 0 Å². The summed E-state index contributed by atoms with van der Waals surface area (Å²) in [7, 11) is -3.00. The number of rotatable bonds is 3. The standard InChI is InChI=1S/C15H24O3S/c1-19(17,18)14-9-5-8-13(11-14)15(16)10-12-6-3-2-4-7-12/h10,13-14H,2-9,11H2,1H3. The lowest BCUT2D eigenvalue weighted by Gasteiger charge is -2.26. The Balaban J connectivity index is 1.99. The summed E-state index contributed by atoms with van der Waals surface area (Å²) in [6.45, 7) is 0. The van der Waals surface area contributed by atoms with E-state index in [0.29, 0.717) is 6.42 Å². The molecule has 4 heteroatoms. The highest BCUT2D eigenvalue weighted by Crippen LogP contribution is 2.30. The van der Waals surface area contributed by atoms with Crippen molar-refractivity contribution in [1.29, 1.82) is 0 Å². The second-order valence-corrected chi connectivity index (χ2v) is 8.41. The molecule has 0 spiro atoms. The van der Waals surface area contributed by atoms with Gasteiger partial charge in [-0.05, 0) is 51.0 Å². The summed E-state index contributed by atoms with van der Waals surface area (Å²) >= 11 is 0. The van der Waals surface area contributed by atoms with Crippen LogP contribution in [0.5, 0.6) is 0 Å². The highest BCUT2D eigenvalue weighted by atomic mass is 32.2. The second-order valence-electron chi connectivity index (χ2n) is 6.08. The number of hydrogen-bond donors (Lipinski definition) is 0. The summed E-state index contributed by atoms with van der Waals surface area (Å²) in [6, 6.07) is 0. The van der Waals surface area contributed by atoms with Crippen molar-refractivity contribution in [2.75, 3.05) is 6.26 Å². The van der Waals surface area contributed by atoms with Crippen molar-refractivity contribution in [1.82, 2.24) is 0 Å². The van der Waals surface area contributed by atoms with E-state index >= 15 is 0 Å². The number of carbonyl (C=O) groups is 1. The first kappa shape index (κ1) is 14.8. The first-order valence-electron chi connectivity index (χ1n) is 7.39. The third-order valence-electron chi connectivity index (χ3n) is 4.48. The van der Waals surface area contributed by atoms with Crippen LogP contribution in [-0.2, 0) is 14.6 Å². The van der Waals surface area contributed by atoms with Crippen LogP contribution in [0.15, 0.2) is 11.6 Å². The minimum atomic E-state index is -3.00. The van der Waals surface area contributed by atoms with Gasteiger partial charge in [-0.15, -0.1) is 0 Å². The molecule has 0 aromatic heterocycles. The molecule has 108 valence electrons. The van der Waals surface area contributed by atoms with Crippen LogP contribution >= 0.6 is 0 Å². The van der Waals surface area contributed by atoms with Gasteiger partial charge in [-0.25, -0.2) is 8.42 Å². The van der Waals surface area contributed by atoms with Gasteiger partial charge < -0.3 is 0 Å². The molecule has 0 amide bonds. The molecule has 2 unspecified atom stereocenters. The number of hydrogen-bond acceptors (Lipinski definition) is 3. The fraction of sp³-hybridized carbons (Fsp3) is 0.800. The summed E-state index contributed by atoms with van der Waals surface area (Å²) in [5.41, 5.74) is 1.28. The van der Waals surface area contributed by atoms with Gasteiger partial charge in [0.2, 0.25) is 0 Å². The van der Waals surface area contributed by atoms with Crippen LogP contribution in [0.1, 0.15) is 57.8 Å². The fourth-order valence-corrected chi connectivity index (χ4v) is 4.44. The van der Waals surface area contributed by atoms with Crippen LogP contribution in [0, 0.1) is 5.92 Å². The Hall–Kier alpha value is -0.640. The van der Waals surface area contributed by atoms with E-state index in [1.807, 2.05) is 6.08 Å². The Morgan fingerprint density at radius 1 is 1.11 bits per heavy atom. The van der Waals surface area contributed by atoms with Crippen molar-refractivity contribution in [2.45, 2.75) is 63.0 Å². The quantitative estimate of drug-likeness (QED) is 0.748. The maximum Gasteiger partial charge on any atom is 0.158 e. The average Bonchev–Trinajstić information content (AvgIpc) is 2.39. The van der Waals surface area contributed by atoms with Crippen LogP contribution in [0.25, 0.3) is 0 Å². The summed E-state index contributed by atoms with van der Waals surface area (Å²) in [4.78, 5) is 12.3. The molecule has 0 heterocycles. The Kier molecular flexibility index (Phi) is 4.82. The molecule has 19 heavy (non-hydrogen) atoms. The lowest BCUT2D eigenvalue weighted by molar-refractivity contribution is -0.119. The maximum absolute atomic E-state index is 12.3. The van der Waals surface area contributed by atoms with Crippen LogP contribution in [0.2, 0.25) is 0 Å². The minimum absolute atomic E-state index is 0.0668. The summed E-state index contributed by atoms with van der Waals surface area (Å²) in [5, 5.41) is -0.306. The molecular formula is C15H24O3S. The van der Waals surface area contributed by atoms with E-state index in [-0.39, 0.29) is 17.0 Å². The van der Waals surface area contributed by atoms with E-state index in [1.54, 1.807) is 0 Å². The number of sulfone groups is 1. The van der Waals surface area contributed by atoms with Gasteiger partial charge >= 0.3 is 0 Å². The van der Waals surface area contributed by atoms with Crippen LogP contribution in [0.3, 0.4) is 0 Å². The van der Waals surface area contributed by atoms with Crippen molar-refractivity contribution in [3.05, 3.63) is 11.6 Å². The predicted octanol–water partition coefficient (Wildman–Crippen LogP) is 3.05. The average molecular weight is 284 g/mol. The topological polar surface area (TPSA) is 51.2 Å². The largest absolute Gasteiger partial charge is 0.295 e. The maximum atomic E-state index is 12.3. The molecule has 0 saturated heterocycles. The summed E-state index contributed by atoms with van der Waals surface area (Å²) < 4.78 is 23.2. The Morgan fingerprint density at radius 2 is 1.79 bits per heavy atom. The molecule has 0 aromatic rings. The monoisotopic (exact) mass is 284 g/mol. The lowest BCUT2D eigenvalue weighted by Crippen LogP contribution is -2.30. The van der Waals surface area contributed by atoms with Crippen molar-refractivity contribution < 1.29 is 13.2 Å². The third kappa shape index (κ3) is 4.16. The van der Waals surface area contributed by atoms with Crippen LogP contribution in [0.4, 0.5) is 0 Å². The smallest absolute Gasteiger partial charge is 0.158 e. The van der Waals surface area contributed by atoms with Crippen LogP contribution < -0.4 is 0 Å². The third-order valence-corrected chi connectivity index (χ3v) is 6.12. The summed E-state index contributed by atoms with van der Waals surface area (Å²) in [5.74, 6) is 0.105. The molecule has 2 saturated carbocycles. The van der Waals surface area contributed by atoms with Gasteiger partial charge in [0.05, 0.1) is 5.25 Å². The Morgan fingerprint density at radius 3 is 2.42 bits per heavy atom. The van der Waals surface area contributed by atoms with E-state index in [4.69, 9.17) is 0 Å². The van der Waals surface area contributed by atoms with Gasteiger partial charge in [-0.3, -0.25) is 4.79 Å². The normalized spacial score (nSPS) is 29.0. The second kappa shape index (κ2) is 6.21. The molecule has 2 atom stereocenters. The molecule has 3 nitrogen and oxygen atoms in total. The first-order chi connectivity index (χ1) is 8.97. The van der Waals surface area contributed by atoms with Gasteiger partial charge in [-0.1, -0.05) is 18.4 Å². The van der Waals surface area contributed by atoms with Crippen molar-refractivity contribution in [2.24, 2.45) is 5.92 Å². The minimum Gasteiger partial charge on any atom is -0.295 e. The highest BCUT2D eigenvalue weighted by Gasteiger charge is 2.31. The SMILES string of the molecule is CS(=O)(=O)C1CCCC(C(=O)C=C2CCCCC2)C1. The molecule has 0 radical (unpaired) electrons. The number of ketones is 1. The Labute approximate surface area is 116 Å². The van der Waals surface area contributed by atoms with E-state index in [2.05, 4.69) is 0 Å². The molecule has 2 aliphatic rings. The molecule has 2 aliphatic carbocycles. The number of allylic oxidation sites excluding steroid dienone is 2. The molecule has 2 rings (SSSR count). The zero-order valence-corrected chi connectivity index (χ0v) is 12.5. The Bertz CT molecular complexity index is 454. The molecule has 0 N–H and O–H groups in total. The van der Waals surface area contributed by atoms with Gasteiger partial charge in [0.25, 0.3) is 0 Å². The van der Waals surface area contributed by atoms with E-state index in [9.17, 15) is 13.2 Å². The van der Waals surface area contributed by atoms with E-state index < -0.39 is 9.84 Å². The molecule has 2 fully saturated rings. The predicted molar refractivity (Wildman–Crippen MR) is 76.8 cm³/mol. The van der Waals surface area contributed by atoms with Crippen molar-refractivity contribution >= 4 is 15.6 Å².